The molecule has 0 spiro atoms. The van der Waals surface area contributed by atoms with Gasteiger partial charge in [0.1, 0.15) is 5.82 Å². The van der Waals surface area contributed by atoms with Gasteiger partial charge in [-0.05, 0) is 23.8 Å². The Morgan fingerprint density at radius 1 is 1.58 bits per heavy atom. The van der Waals surface area contributed by atoms with Crippen molar-refractivity contribution in [2.45, 2.75) is 6.92 Å². The van der Waals surface area contributed by atoms with Crippen LogP contribution in [0.5, 0.6) is 0 Å². The average molecular weight is 232 g/mol. The summed E-state index contributed by atoms with van der Waals surface area (Å²) in [5.41, 5.74) is 0.720. The van der Waals surface area contributed by atoms with Crippen LogP contribution in [0.25, 0.3) is 0 Å². The maximum absolute atomic E-state index is 12.7. The van der Waals surface area contributed by atoms with Crippen LogP contribution in [-0.2, 0) is 0 Å². The van der Waals surface area contributed by atoms with E-state index in [4.69, 9.17) is 5.11 Å². The molecule has 0 fully saturated rings. The average Bonchev–Trinajstić information content (AvgIpc) is 2.08. The summed E-state index contributed by atoms with van der Waals surface area (Å²) < 4.78 is 13.5. The number of benzene rings is 1. The zero-order valence-electron chi connectivity index (χ0n) is 6.64. The van der Waals surface area contributed by atoms with Crippen molar-refractivity contribution in [2.75, 3.05) is 6.61 Å². The zero-order valence-corrected chi connectivity index (χ0v) is 8.23. The lowest BCUT2D eigenvalue weighted by Crippen LogP contribution is -2.01. The molecule has 3 heteroatoms. The summed E-state index contributed by atoms with van der Waals surface area (Å²) >= 11 is 3.27. The molecule has 1 nitrogen and oxygen atoms in total. The molecular weight excluding hydrogens is 223 g/mol. The number of halogens is 2. The molecule has 0 atom stereocenters. The summed E-state index contributed by atoms with van der Waals surface area (Å²) in [6.07, 6.45) is 0. The van der Waals surface area contributed by atoms with Gasteiger partial charge >= 0.3 is 0 Å². The third-order valence-electron chi connectivity index (χ3n) is 1.63. The van der Waals surface area contributed by atoms with Gasteiger partial charge in [0.15, 0.2) is 0 Å². The van der Waals surface area contributed by atoms with Crippen LogP contribution < -0.4 is 0 Å². The van der Waals surface area contributed by atoms with Crippen molar-refractivity contribution in [3.8, 4) is 0 Å². The van der Waals surface area contributed by atoms with Gasteiger partial charge in [0.2, 0.25) is 0 Å². The first-order valence-corrected chi connectivity index (χ1v) is 4.33. The predicted molar refractivity (Wildman–Crippen MR) is 49.2 cm³/mol. The maximum atomic E-state index is 12.7. The number of hydrogen-bond donors (Lipinski definition) is 1. The van der Waals surface area contributed by atoms with E-state index < -0.39 is 0 Å². The molecule has 1 aromatic rings. The number of rotatable bonds is 2. The summed E-state index contributed by atoms with van der Waals surface area (Å²) in [6.45, 7) is 1.71. The molecule has 0 bridgehead atoms. The molecule has 1 rings (SSSR count). The Hall–Kier alpha value is -0.410. The summed E-state index contributed by atoms with van der Waals surface area (Å²) in [5.74, 6) is 0.461. The lowest BCUT2D eigenvalue weighted by molar-refractivity contribution is 0.314. The molecule has 1 radical (unpaired) electrons. The third kappa shape index (κ3) is 2.05. The highest BCUT2D eigenvalue weighted by Gasteiger charge is 2.09. The van der Waals surface area contributed by atoms with Crippen LogP contribution in [0.4, 0.5) is 4.39 Å². The Kier molecular flexibility index (Phi) is 3.23. The molecule has 0 aliphatic heterocycles. The van der Waals surface area contributed by atoms with Crippen molar-refractivity contribution < 1.29 is 9.50 Å². The minimum absolute atomic E-state index is 0.0535. The third-order valence-corrected chi connectivity index (χ3v) is 2.32. The summed E-state index contributed by atoms with van der Waals surface area (Å²) in [7, 11) is 0. The number of aliphatic hydroxyl groups excluding tert-OH is 1. The Morgan fingerprint density at radius 2 is 2.25 bits per heavy atom. The Bertz CT molecular complexity index is 275. The van der Waals surface area contributed by atoms with Crippen LogP contribution in [0.15, 0.2) is 22.7 Å². The van der Waals surface area contributed by atoms with E-state index in [1.54, 1.807) is 13.0 Å². The number of hydrogen-bond acceptors (Lipinski definition) is 1. The fourth-order valence-electron chi connectivity index (χ4n) is 0.910. The highest BCUT2D eigenvalue weighted by Crippen LogP contribution is 2.24. The van der Waals surface area contributed by atoms with Gasteiger partial charge in [-0.3, -0.25) is 0 Å². The van der Waals surface area contributed by atoms with Crippen LogP contribution in [0.1, 0.15) is 12.5 Å². The maximum Gasteiger partial charge on any atom is 0.123 e. The van der Waals surface area contributed by atoms with Gasteiger partial charge in [-0.1, -0.05) is 22.9 Å². The lowest BCUT2D eigenvalue weighted by Gasteiger charge is -2.09. The molecule has 0 aliphatic rings. The highest BCUT2D eigenvalue weighted by molar-refractivity contribution is 9.10. The monoisotopic (exact) mass is 231 g/mol. The fourth-order valence-corrected chi connectivity index (χ4v) is 1.49. The fraction of sp³-hybridized carbons (Fsp3) is 0.222. The Labute approximate surface area is 79.4 Å². The molecular formula is C9H9BrFO. The minimum Gasteiger partial charge on any atom is -0.395 e. The van der Waals surface area contributed by atoms with Crippen molar-refractivity contribution in [3.05, 3.63) is 40.0 Å². The van der Waals surface area contributed by atoms with Gasteiger partial charge in [-0.15, -0.1) is 0 Å². The van der Waals surface area contributed by atoms with E-state index in [-0.39, 0.29) is 12.4 Å². The van der Waals surface area contributed by atoms with Crippen LogP contribution in [0, 0.1) is 11.7 Å². The van der Waals surface area contributed by atoms with Gasteiger partial charge in [0, 0.05) is 10.4 Å². The largest absolute Gasteiger partial charge is 0.395 e. The minimum atomic E-state index is -0.291. The molecule has 1 N–H and O–H groups in total. The molecule has 65 valence electrons. The van der Waals surface area contributed by atoms with Gasteiger partial charge in [-0.25, -0.2) is 4.39 Å². The molecule has 0 saturated heterocycles. The first kappa shape index (κ1) is 9.68. The summed E-state index contributed by atoms with van der Waals surface area (Å²) in [5, 5.41) is 8.82. The standard InChI is InChI=1S/C9H9BrFO/c1-6(5-12)8-4-7(11)2-3-9(8)10/h2-4,12H,5H2,1H3. The summed E-state index contributed by atoms with van der Waals surface area (Å²) in [4.78, 5) is 0. The zero-order chi connectivity index (χ0) is 9.14. The van der Waals surface area contributed by atoms with Crippen LogP contribution in [0.3, 0.4) is 0 Å². The molecule has 0 saturated carbocycles. The van der Waals surface area contributed by atoms with Crippen molar-refractivity contribution in [2.24, 2.45) is 0 Å². The van der Waals surface area contributed by atoms with Crippen LogP contribution in [-0.4, -0.2) is 11.7 Å². The van der Waals surface area contributed by atoms with Crippen molar-refractivity contribution in [1.82, 2.24) is 0 Å². The molecule has 12 heavy (non-hydrogen) atoms. The number of aliphatic hydroxyl groups is 1. The van der Waals surface area contributed by atoms with Gasteiger partial charge in [0.25, 0.3) is 0 Å². The molecule has 0 aromatic heterocycles. The molecule has 0 amide bonds. The smallest absolute Gasteiger partial charge is 0.123 e. The Morgan fingerprint density at radius 3 is 2.83 bits per heavy atom. The van der Waals surface area contributed by atoms with Gasteiger partial charge < -0.3 is 5.11 Å². The molecule has 0 unspecified atom stereocenters. The van der Waals surface area contributed by atoms with E-state index in [1.165, 1.54) is 12.1 Å². The van der Waals surface area contributed by atoms with E-state index >= 15 is 0 Å². The van der Waals surface area contributed by atoms with Crippen molar-refractivity contribution in [3.63, 3.8) is 0 Å². The van der Waals surface area contributed by atoms with E-state index in [1.807, 2.05) is 0 Å². The van der Waals surface area contributed by atoms with Crippen molar-refractivity contribution >= 4 is 15.9 Å². The first-order valence-electron chi connectivity index (χ1n) is 3.54. The van der Waals surface area contributed by atoms with E-state index in [0.717, 1.165) is 16.0 Å². The topological polar surface area (TPSA) is 20.2 Å². The molecule has 1 aromatic carbocycles. The lowest BCUT2D eigenvalue weighted by atomic mass is 10.0. The predicted octanol–water partition coefficient (Wildman–Crippen LogP) is 2.52. The molecule has 0 heterocycles. The van der Waals surface area contributed by atoms with Crippen molar-refractivity contribution in [1.29, 1.82) is 0 Å². The van der Waals surface area contributed by atoms with E-state index in [9.17, 15) is 4.39 Å². The second-order valence-corrected chi connectivity index (χ2v) is 3.42. The Balaban J connectivity index is 3.04. The SMILES string of the molecule is C[C](CO)c1cc(F)ccc1Br. The van der Waals surface area contributed by atoms with Crippen LogP contribution in [0.2, 0.25) is 0 Å². The highest BCUT2D eigenvalue weighted by atomic mass is 79.9. The quantitative estimate of drug-likeness (QED) is 0.830. The molecule has 0 aliphatic carbocycles. The second kappa shape index (κ2) is 4.01. The summed E-state index contributed by atoms with van der Waals surface area (Å²) in [6, 6.07) is 4.40. The van der Waals surface area contributed by atoms with E-state index in [2.05, 4.69) is 15.9 Å². The normalized spacial score (nSPS) is 10.8. The van der Waals surface area contributed by atoms with Crippen LogP contribution >= 0.6 is 15.9 Å². The first-order chi connectivity index (χ1) is 5.65. The van der Waals surface area contributed by atoms with Gasteiger partial charge in [0.05, 0.1) is 6.61 Å². The van der Waals surface area contributed by atoms with Gasteiger partial charge in [-0.2, -0.15) is 0 Å². The second-order valence-electron chi connectivity index (χ2n) is 2.56. The van der Waals surface area contributed by atoms with E-state index in [0.29, 0.717) is 0 Å².